The smallest absolute Gasteiger partial charge is 0.0931 e. The van der Waals surface area contributed by atoms with E-state index in [0.717, 1.165) is 17.6 Å². The third-order valence-corrected chi connectivity index (χ3v) is 3.49. The molecular weight excluding hydrogens is 224 g/mol. The largest absolute Gasteiger partial charge is 0.345 e. The summed E-state index contributed by atoms with van der Waals surface area (Å²) in [5, 5.41) is 0. The average Bonchev–Trinajstić information content (AvgIpc) is 2.76. The molecule has 1 unspecified atom stereocenters. The molecule has 0 aliphatic heterocycles. The minimum atomic E-state index is 0.419. The summed E-state index contributed by atoms with van der Waals surface area (Å²) in [5.74, 6) is 0.566. The fourth-order valence-corrected chi connectivity index (χ4v) is 2.45. The molecule has 0 saturated carbocycles. The van der Waals surface area contributed by atoms with Crippen LogP contribution in [-0.4, -0.2) is 34.5 Å². The quantitative estimate of drug-likeness (QED) is 0.848. The zero-order valence-electron chi connectivity index (χ0n) is 11.4. The van der Waals surface area contributed by atoms with Gasteiger partial charge in [0, 0.05) is 19.1 Å². The zero-order chi connectivity index (χ0) is 13.1. The van der Waals surface area contributed by atoms with Crippen molar-refractivity contribution in [2.75, 3.05) is 13.6 Å². The predicted molar refractivity (Wildman–Crippen MR) is 75.2 cm³/mol. The van der Waals surface area contributed by atoms with Crippen molar-refractivity contribution in [3.63, 3.8) is 0 Å². The Labute approximate surface area is 108 Å². The molecule has 0 aliphatic rings. The Bertz CT molecular complexity index is 503. The van der Waals surface area contributed by atoms with Crippen molar-refractivity contribution < 1.29 is 0 Å². The van der Waals surface area contributed by atoms with Crippen molar-refractivity contribution in [2.45, 2.75) is 26.4 Å². The Hall–Kier alpha value is -1.39. The maximum atomic E-state index is 5.84. The van der Waals surface area contributed by atoms with E-state index in [-0.39, 0.29) is 0 Å². The number of aromatic nitrogens is 2. The van der Waals surface area contributed by atoms with Gasteiger partial charge < -0.3 is 10.7 Å². The maximum absolute atomic E-state index is 5.84. The summed E-state index contributed by atoms with van der Waals surface area (Å²) in [5.41, 5.74) is 9.24. The van der Waals surface area contributed by atoms with Crippen molar-refractivity contribution in [2.24, 2.45) is 11.7 Å². The molecule has 1 aromatic carbocycles. The lowest BCUT2D eigenvalue weighted by Gasteiger charge is -2.30. The van der Waals surface area contributed by atoms with Gasteiger partial charge in [0.2, 0.25) is 0 Å². The number of likely N-dealkylation sites (N-methyl/N-ethyl adjacent to an activating group) is 1. The molecule has 18 heavy (non-hydrogen) atoms. The number of nitrogens with one attached hydrogen (secondary N) is 1. The topological polar surface area (TPSA) is 57.9 Å². The molecule has 4 heteroatoms. The first-order chi connectivity index (χ1) is 8.61. The van der Waals surface area contributed by atoms with Gasteiger partial charge in [0.25, 0.3) is 0 Å². The Morgan fingerprint density at radius 3 is 2.83 bits per heavy atom. The maximum Gasteiger partial charge on any atom is 0.0931 e. The van der Waals surface area contributed by atoms with Crippen molar-refractivity contribution in [1.29, 1.82) is 0 Å². The van der Waals surface area contributed by atoms with Gasteiger partial charge in [-0.3, -0.25) is 4.90 Å². The van der Waals surface area contributed by atoms with Crippen LogP contribution in [0, 0.1) is 5.92 Å². The van der Waals surface area contributed by atoms with E-state index in [1.165, 1.54) is 5.56 Å². The fraction of sp³-hybridized carbons (Fsp3) is 0.500. The zero-order valence-corrected chi connectivity index (χ0v) is 11.4. The average molecular weight is 246 g/mol. The fourth-order valence-electron chi connectivity index (χ4n) is 2.45. The molecule has 3 N–H and O–H groups in total. The number of aromatic amines is 1. The number of H-pyrrole nitrogens is 1. The number of fused-ring (bicyclic) bond motifs is 1. The molecule has 0 amide bonds. The number of benzene rings is 1. The van der Waals surface area contributed by atoms with Gasteiger partial charge in [0.05, 0.1) is 17.4 Å². The highest BCUT2D eigenvalue weighted by Crippen LogP contribution is 2.15. The molecular formula is C14H22N4. The van der Waals surface area contributed by atoms with Crippen LogP contribution in [0.1, 0.15) is 19.4 Å². The van der Waals surface area contributed by atoms with Gasteiger partial charge in [0.1, 0.15) is 0 Å². The van der Waals surface area contributed by atoms with Crippen LogP contribution < -0.4 is 5.73 Å². The third kappa shape index (κ3) is 2.71. The number of hydrogen-bond donors (Lipinski definition) is 2. The second-order valence-corrected chi connectivity index (χ2v) is 5.22. The molecule has 2 rings (SSSR count). The highest BCUT2D eigenvalue weighted by molar-refractivity contribution is 5.74. The Morgan fingerprint density at radius 1 is 1.39 bits per heavy atom. The molecule has 0 spiro atoms. The second-order valence-electron chi connectivity index (χ2n) is 5.22. The molecule has 0 aliphatic carbocycles. The number of rotatable bonds is 5. The summed E-state index contributed by atoms with van der Waals surface area (Å²) in [6.45, 7) is 6.04. The van der Waals surface area contributed by atoms with E-state index in [1.807, 2.05) is 0 Å². The Balaban J connectivity index is 2.12. The molecule has 4 nitrogen and oxygen atoms in total. The molecule has 0 bridgehead atoms. The van der Waals surface area contributed by atoms with E-state index in [9.17, 15) is 0 Å². The number of nitrogens with zero attached hydrogens (tertiary/aromatic N) is 2. The summed E-state index contributed by atoms with van der Waals surface area (Å²) in [6.07, 6.45) is 1.73. The van der Waals surface area contributed by atoms with Crippen LogP contribution >= 0.6 is 0 Å². The number of nitrogens with two attached hydrogens (primary N) is 1. The van der Waals surface area contributed by atoms with Crippen molar-refractivity contribution in [1.82, 2.24) is 14.9 Å². The molecule has 1 atom stereocenters. The van der Waals surface area contributed by atoms with Crippen molar-refractivity contribution in [3.05, 3.63) is 30.1 Å². The van der Waals surface area contributed by atoms with Gasteiger partial charge >= 0.3 is 0 Å². The van der Waals surface area contributed by atoms with Gasteiger partial charge in [-0.25, -0.2) is 4.98 Å². The minimum absolute atomic E-state index is 0.419. The Morgan fingerprint density at radius 2 is 2.17 bits per heavy atom. The molecule has 0 radical (unpaired) electrons. The van der Waals surface area contributed by atoms with Gasteiger partial charge in [-0.2, -0.15) is 0 Å². The predicted octanol–water partition coefficient (Wildman–Crippen LogP) is 1.98. The van der Waals surface area contributed by atoms with E-state index in [2.05, 4.69) is 54.0 Å². The lowest BCUT2D eigenvalue weighted by atomic mass is 10.0. The van der Waals surface area contributed by atoms with Gasteiger partial charge in [0.15, 0.2) is 0 Å². The van der Waals surface area contributed by atoms with Crippen LogP contribution in [0.4, 0.5) is 0 Å². The van der Waals surface area contributed by atoms with Crippen LogP contribution in [0.2, 0.25) is 0 Å². The van der Waals surface area contributed by atoms with Crippen LogP contribution in [0.3, 0.4) is 0 Å². The van der Waals surface area contributed by atoms with Crippen LogP contribution in [-0.2, 0) is 6.54 Å². The van der Waals surface area contributed by atoms with Crippen molar-refractivity contribution in [3.8, 4) is 0 Å². The summed E-state index contributed by atoms with van der Waals surface area (Å²) in [6, 6.07) is 6.77. The first kappa shape index (κ1) is 13.1. The van der Waals surface area contributed by atoms with Gasteiger partial charge in [-0.15, -0.1) is 0 Å². The van der Waals surface area contributed by atoms with Gasteiger partial charge in [-0.05, 0) is 30.7 Å². The van der Waals surface area contributed by atoms with Crippen LogP contribution in [0.15, 0.2) is 24.5 Å². The SMILES string of the molecule is CC(C)C(CN)N(C)Cc1ccc2nc[nH]c2c1. The highest BCUT2D eigenvalue weighted by Gasteiger charge is 2.17. The van der Waals surface area contributed by atoms with E-state index in [1.54, 1.807) is 6.33 Å². The molecule has 98 valence electrons. The molecule has 1 heterocycles. The molecule has 2 aromatic rings. The monoisotopic (exact) mass is 246 g/mol. The summed E-state index contributed by atoms with van der Waals surface area (Å²) in [4.78, 5) is 9.70. The third-order valence-electron chi connectivity index (χ3n) is 3.49. The van der Waals surface area contributed by atoms with Crippen LogP contribution in [0.5, 0.6) is 0 Å². The van der Waals surface area contributed by atoms with Crippen molar-refractivity contribution >= 4 is 11.0 Å². The summed E-state index contributed by atoms with van der Waals surface area (Å²) >= 11 is 0. The first-order valence-electron chi connectivity index (χ1n) is 6.44. The van der Waals surface area contributed by atoms with E-state index < -0.39 is 0 Å². The standard InChI is InChI=1S/C14H22N4/c1-10(2)14(7-15)18(3)8-11-4-5-12-13(6-11)17-9-16-12/h4-6,9-10,14H,7-8,15H2,1-3H3,(H,16,17). The molecule has 0 saturated heterocycles. The normalized spacial score (nSPS) is 13.7. The lowest BCUT2D eigenvalue weighted by molar-refractivity contribution is 0.190. The minimum Gasteiger partial charge on any atom is -0.345 e. The Kier molecular flexibility index (Phi) is 3.99. The molecule has 0 fully saturated rings. The van der Waals surface area contributed by atoms with Crippen LogP contribution in [0.25, 0.3) is 11.0 Å². The van der Waals surface area contributed by atoms with E-state index >= 15 is 0 Å². The highest BCUT2D eigenvalue weighted by atomic mass is 15.1. The lowest BCUT2D eigenvalue weighted by Crippen LogP contribution is -2.41. The number of hydrogen-bond acceptors (Lipinski definition) is 3. The first-order valence-corrected chi connectivity index (χ1v) is 6.44. The van der Waals surface area contributed by atoms with E-state index in [0.29, 0.717) is 18.5 Å². The number of imidazole rings is 1. The second kappa shape index (κ2) is 5.50. The van der Waals surface area contributed by atoms with E-state index in [4.69, 9.17) is 5.73 Å². The molecule has 1 aromatic heterocycles. The summed E-state index contributed by atoms with van der Waals surface area (Å²) < 4.78 is 0. The summed E-state index contributed by atoms with van der Waals surface area (Å²) in [7, 11) is 2.13. The van der Waals surface area contributed by atoms with Gasteiger partial charge in [-0.1, -0.05) is 19.9 Å².